The molecule has 1 aliphatic rings. The zero-order chi connectivity index (χ0) is 17.8. The second-order valence-corrected chi connectivity index (χ2v) is 6.89. The molecule has 0 aliphatic carbocycles. The number of nitrogens with two attached hydrogens (primary N) is 1. The molecule has 4 rings (SSSR count). The normalized spacial score (nSPS) is 14.5. The van der Waals surface area contributed by atoms with Gasteiger partial charge in [0.2, 0.25) is 5.91 Å². The minimum atomic E-state index is 0.326. The van der Waals surface area contributed by atoms with Crippen LogP contribution in [0.4, 0.5) is 0 Å². The molecule has 1 saturated heterocycles. The van der Waals surface area contributed by atoms with Gasteiger partial charge in [0, 0.05) is 37.2 Å². The molecule has 1 fully saturated rings. The van der Waals surface area contributed by atoms with Gasteiger partial charge in [0.25, 0.3) is 0 Å². The summed E-state index contributed by atoms with van der Waals surface area (Å²) in [5.74, 6) is 0.326. The highest BCUT2D eigenvalue weighted by atomic mass is 16.2. The first-order valence-corrected chi connectivity index (χ1v) is 9.42. The molecule has 2 aromatic carbocycles. The highest BCUT2D eigenvalue weighted by Crippen LogP contribution is 2.18. The number of imidazole rings is 1. The zero-order valence-corrected chi connectivity index (χ0v) is 15.0. The number of aromatic nitrogens is 2. The van der Waals surface area contributed by atoms with Crippen molar-refractivity contribution in [2.45, 2.75) is 25.8 Å². The second kappa shape index (κ2) is 7.70. The Bertz CT molecular complexity index is 884. The van der Waals surface area contributed by atoms with Crippen molar-refractivity contribution in [2.75, 3.05) is 19.6 Å². The molecule has 0 radical (unpaired) electrons. The van der Waals surface area contributed by atoms with Crippen molar-refractivity contribution in [3.05, 3.63) is 60.4 Å². The Morgan fingerprint density at radius 3 is 2.73 bits per heavy atom. The predicted molar refractivity (Wildman–Crippen MR) is 102 cm³/mol. The van der Waals surface area contributed by atoms with Crippen molar-refractivity contribution >= 4 is 16.9 Å². The standard InChI is InChI=1S/C21H24N4O/c26-21-7-3-13-24(21)14-4-12-22-15-17-8-10-18(11-9-17)25-16-23-19-5-1-2-6-20(19)25/h1-2,5-6,8-11,16,22H,3-4,7,12-15H2/p+1. The number of hydrogen-bond acceptors (Lipinski definition) is 2. The van der Waals surface area contributed by atoms with E-state index in [1.165, 1.54) is 5.56 Å². The molecular formula is C21H25N4O+. The number of carbonyl (C=O) groups is 1. The number of benzene rings is 2. The Labute approximate surface area is 153 Å². The molecule has 5 heteroatoms. The molecule has 1 amide bonds. The Kier molecular flexibility index (Phi) is 4.97. The van der Waals surface area contributed by atoms with E-state index in [0.717, 1.165) is 62.2 Å². The third-order valence-corrected chi connectivity index (χ3v) is 5.06. The summed E-state index contributed by atoms with van der Waals surface area (Å²) in [7, 11) is 0. The topological polar surface area (TPSA) is 54.7 Å². The second-order valence-electron chi connectivity index (χ2n) is 6.89. The van der Waals surface area contributed by atoms with Crippen LogP contribution in [0.15, 0.2) is 54.9 Å². The third-order valence-electron chi connectivity index (χ3n) is 5.06. The average Bonchev–Trinajstić information content (AvgIpc) is 3.28. The summed E-state index contributed by atoms with van der Waals surface area (Å²) in [5, 5.41) is 2.32. The summed E-state index contributed by atoms with van der Waals surface area (Å²) in [6, 6.07) is 16.9. The minimum absolute atomic E-state index is 0.326. The van der Waals surface area contributed by atoms with Gasteiger partial charge in [-0.05, 0) is 30.7 Å². The molecule has 26 heavy (non-hydrogen) atoms. The van der Waals surface area contributed by atoms with E-state index in [1.54, 1.807) is 0 Å². The molecule has 0 atom stereocenters. The molecule has 0 saturated carbocycles. The van der Waals surface area contributed by atoms with Gasteiger partial charge >= 0.3 is 0 Å². The van der Waals surface area contributed by atoms with E-state index in [4.69, 9.17) is 0 Å². The van der Waals surface area contributed by atoms with E-state index in [-0.39, 0.29) is 0 Å². The van der Waals surface area contributed by atoms with Crippen LogP contribution in [0.25, 0.3) is 16.7 Å². The molecule has 2 N–H and O–H groups in total. The van der Waals surface area contributed by atoms with Crippen molar-refractivity contribution in [1.82, 2.24) is 14.5 Å². The van der Waals surface area contributed by atoms with Crippen molar-refractivity contribution in [1.29, 1.82) is 0 Å². The Hall–Kier alpha value is -2.66. The number of amides is 1. The summed E-state index contributed by atoms with van der Waals surface area (Å²) in [4.78, 5) is 18.0. The molecular weight excluding hydrogens is 324 g/mol. The maximum atomic E-state index is 11.6. The number of likely N-dealkylation sites (tertiary alicyclic amines) is 1. The quantitative estimate of drug-likeness (QED) is 0.664. The number of quaternary nitrogens is 1. The summed E-state index contributed by atoms with van der Waals surface area (Å²) < 4.78 is 2.12. The van der Waals surface area contributed by atoms with Crippen LogP contribution in [0.3, 0.4) is 0 Å². The van der Waals surface area contributed by atoms with Crippen molar-refractivity contribution in [3.8, 4) is 5.69 Å². The third kappa shape index (κ3) is 3.63. The summed E-state index contributed by atoms with van der Waals surface area (Å²) in [6.07, 6.45) is 4.71. The molecule has 0 bridgehead atoms. The Balaban J connectivity index is 1.28. The molecule has 3 aromatic rings. The highest BCUT2D eigenvalue weighted by Gasteiger charge is 2.19. The lowest BCUT2D eigenvalue weighted by Gasteiger charge is -2.14. The fourth-order valence-electron chi connectivity index (χ4n) is 3.59. The molecule has 2 heterocycles. The van der Waals surface area contributed by atoms with Crippen LogP contribution in [-0.4, -0.2) is 40.0 Å². The van der Waals surface area contributed by atoms with Crippen LogP contribution in [-0.2, 0) is 11.3 Å². The summed E-state index contributed by atoms with van der Waals surface area (Å²) >= 11 is 0. The van der Waals surface area contributed by atoms with Gasteiger partial charge in [0.15, 0.2) is 0 Å². The van der Waals surface area contributed by atoms with Crippen molar-refractivity contribution < 1.29 is 10.1 Å². The lowest BCUT2D eigenvalue weighted by atomic mass is 10.2. The maximum absolute atomic E-state index is 11.6. The van der Waals surface area contributed by atoms with E-state index >= 15 is 0 Å². The van der Waals surface area contributed by atoms with Gasteiger partial charge in [0.1, 0.15) is 12.9 Å². The average molecular weight is 349 g/mol. The monoisotopic (exact) mass is 349 g/mol. The van der Waals surface area contributed by atoms with E-state index in [0.29, 0.717) is 5.91 Å². The largest absolute Gasteiger partial charge is 0.342 e. The maximum Gasteiger partial charge on any atom is 0.222 e. The molecule has 1 aromatic heterocycles. The van der Waals surface area contributed by atoms with Crippen LogP contribution in [0.2, 0.25) is 0 Å². The van der Waals surface area contributed by atoms with Crippen molar-refractivity contribution in [2.24, 2.45) is 0 Å². The van der Waals surface area contributed by atoms with Crippen LogP contribution < -0.4 is 5.32 Å². The lowest BCUT2D eigenvalue weighted by Crippen LogP contribution is -2.82. The van der Waals surface area contributed by atoms with Gasteiger partial charge in [0.05, 0.1) is 17.6 Å². The molecule has 0 unspecified atom stereocenters. The SMILES string of the molecule is O=C1CCCN1CCC[NH2+]Cc1ccc(-n2cnc3ccccc32)cc1. The number of fused-ring (bicyclic) bond motifs is 1. The minimum Gasteiger partial charge on any atom is -0.342 e. The Morgan fingerprint density at radius 2 is 1.92 bits per heavy atom. The smallest absolute Gasteiger partial charge is 0.222 e. The predicted octanol–water partition coefficient (Wildman–Crippen LogP) is 2.10. The van der Waals surface area contributed by atoms with E-state index in [9.17, 15) is 4.79 Å². The number of nitrogens with zero attached hydrogens (tertiary/aromatic N) is 3. The Morgan fingerprint density at radius 1 is 1.08 bits per heavy atom. The van der Waals surface area contributed by atoms with Crippen LogP contribution >= 0.6 is 0 Å². The van der Waals surface area contributed by atoms with Crippen LogP contribution in [0, 0.1) is 0 Å². The van der Waals surface area contributed by atoms with E-state index < -0.39 is 0 Å². The molecule has 1 aliphatic heterocycles. The van der Waals surface area contributed by atoms with E-state index in [2.05, 4.69) is 45.2 Å². The van der Waals surface area contributed by atoms with Gasteiger partial charge in [-0.15, -0.1) is 0 Å². The number of carbonyl (C=O) groups excluding carboxylic acids is 1. The first kappa shape index (κ1) is 16.8. The number of para-hydroxylation sites is 2. The van der Waals surface area contributed by atoms with Gasteiger partial charge in [-0.25, -0.2) is 4.98 Å². The van der Waals surface area contributed by atoms with Gasteiger partial charge in [-0.3, -0.25) is 9.36 Å². The lowest BCUT2D eigenvalue weighted by molar-refractivity contribution is -0.670. The van der Waals surface area contributed by atoms with Crippen molar-refractivity contribution in [3.63, 3.8) is 0 Å². The van der Waals surface area contributed by atoms with Crippen LogP contribution in [0.1, 0.15) is 24.8 Å². The summed E-state index contributed by atoms with van der Waals surface area (Å²) in [5.41, 5.74) is 4.59. The first-order valence-electron chi connectivity index (χ1n) is 9.42. The fourth-order valence-corrected chi connectivity index (χ4v) is 3.59. The number of rotatable bonds is 7. The highest BCUT2D eigenvalue weighted by molar-refractivity contribution is 5.78. The fraction of sp³-hybridized carbons (Fsp3) is 0.333. The molecule has 0 spiro atoms. The molecule has 134 valence electrons. The van der Waals surface area contributed by atoms with Gasteiger partial charge < -0.3 is 10.2 Å². The number of hydrogen-bond donors (Lipinski definition) is 1. The first-order chi connectivity index (χ1) is 12.8. The van der Waals surface area contributed by atoms with Gasteiger partial charge in [-0.2, -0.15) is 0 Å². The van der Waals surface area contributed by atoms with Crippen LogP contribution in [0.5, 0.6) is 0 Å². The zero-order valence-electron chi connectivity index (χ0n) is 15.0. The van der Waals surface area contributed by atoms with Gasteiger partial charge in [-0.1, -0.05) is 24.3 Å². The summed E-state index contributed by atoms with van der Waals surface area (Å²) in [6.45, 7) is 3.88. The van der Waals surface area contributed by atoms with E-state index in [1.807, 2.05) is 29.4 Å². The molecule has 5 nitrogen and oxygen atoms in total.